The van der Waals surface area contributed by atoms with E-state index < -0.39 is 0 Å². The third kappa shape index (κ3) is 5.25. The molecule has 4 aromatic rings. The number of rotatable bonds is 6. The molecule has 6 rings (SSSR count). The monoisotopic (exact) mass is 531 g/mol. The van der Waals surface area contributed by atoms with Crippen LogP contribution >= 0.6 is 11.6 Å². The van der Waals surface area contributed by atoms with Gasteiger partial charge in [0.2, 0.25) is 5.88 Å². The van der Waals surface area contributed by atoms with Crippen molar-refractivity contribution in [1.82, 2.24) is 24.6 Å². The van der Waals surface area contributed by atoms with Crippen LogP contribution in [-0.2, 0) is 11.2 Å². The summed E-state index contributed by atoms with van der Waals surface area (Å²) in [4.78, 5) is 25.4. The van der Waals surface area contributed by atoms with Crippen LogP contribution in [0.5, 0.6) is 5.88 Å². The minimum absolute atomic E-state index is 0.0412. The molecule has 0 aliphatic carbocycles. The molecule has 1 aromatic carbocycles. The van der Waals surface area contributed by atoms with Crippen molar-refractivity contribution in [2.45, 2.75) is 25.4 Å². The van der Waals surface area contributed by atoms with Gasteiger partial charge in [-0.25, -0.2) is 9.97 Å². The molecule has 3 aromatic heterocycles. The lowest BCUT2D eigenvalue weighted by molar-refractivity contribution is 0.0235. The minimum Gasteiger partial charge on any atom is -0.474 e. The van der Waals surface area contributed by atoms with E-state index in [1.54, 1.807) is 0 Å². The van der Waals surface area contributed by atoms with Crippen LogP contribution in [0.25, 0.3) is 16.9 Å². The maximum absolute atomic E-state index is 13.8. The van der Waals surface area contributed by atoms with E-state index in [1.165, 1.54) is 0 Å². The zero-order valence-corrected chi connectivity index (χ0v) is 21.9. The second-order valence-electron chi connectivity index (χ2n) is 9.65. The Kier molecular flexibility index (Phi) is 7.27. The Balaban J connectivity index is 1.40. The van der Waals surface area contributed by atoms with Crippen molar-refractivity contribution in [2.75, 3.05) is 39.4 Å². The van der Waals surface area contributed by atoms with Crippen LogP contribution in [-0.4, -0.2) is 70.7 Å². The van der Waals surface area contributed by atoms with Crippen LogP contribution in [0, 0.1) is 0 Å². The van der Waals surface area contributed by atoms with Crippen LogP contribution in [0.2, 0.25) is 5.02 Å². The number of ether oxygens (including phenoxy) is 2. The second kappa shape index (κ2) is 11.1. The van der Waals surface area contributed by atoms with Gasteiger partial charge in [0.25, 0.3) is 5.91 Å². The zero-order chi connectivity index (χ0) is 25.9. The average Bonchev–Trinajstić information content (AvgIpc) is 3.33. The lowest BCUT2D eigenvalue weighted by Gasteiger charge is -2.28. The summed E-state index contributed by atoms with van der Waals surface area (Å²) in [6.07, 6.45) is 4.17. The van der Waals surface area contributed by atoms with E-state index in [2.05, 4.69) is 9.72 Å². The van der Waals surface area contributed by atoms with Gasteiger partial charge in [0.15, 0.2) is 0 Å². The number of nitrogens with zero attached hydrogens (tertiary/aromatic N) is 4. The molecule has 0 atom stereocenters. The summed E-state index contributed by atoms with van der Waals surface area (Å²) >= 11 is 6.16. The van der Waals surface area contributed by atoms with Gasteiger partial charge in [-0.1, -0.05) is 35.9 Å². The number of aromatic nitrogens is 3. The van der Waals surface area contributed by atoms with Gasteiger partial charge in [-0.2, -0.15) is 0 Å². The third-order valence-electron chi connectivity index (χ3n) is 7.12. The number of amides is 1. The summed E-state index contributed by atoms with van der Waals surface area (Å²) in [6, 6.07) is 17.5. The van der Waals surface area contributed by atoms with Crippen LogP contribution in [0.1, 0.15) is 34.6 Å². The molecule has 0 radical (unpaired) electrons. The predicted molar refractivity (Wildman–Crippen MR) is 146 cm³/mol. The Labute approximate surface area is 226 Å². The van der Waals surface area contributed by atoms with Gasteiger partial charge in [0.05, 0.1) is 24.6 Å². The molecule has 8 nitrogen and oxygen atoms in total. The van der Waals surface area contributed by atoms with Crippen LogP contribution in [0.4, 0.5) is 0 Å². The SMILES string of the molecule is O=C(c1nc(OC2CCOCC2)ccc1Cc1c(-c2ccc(Cl)cc2)nc2ccccn12)N1CCNCC1. The number of hydrogen-bond donors (Lipinski definition) is 1. The molecule has 1 N–H and O–H groups in total. The van der Waals surface area contributed by atoms with Crippen molar-refractivity contribution in [3.8, 4) is 17.1 Å². The van der Waals surface area contributed by atoms with E-state index in [1.807, 2.05) is 65.7 Å². The molecule has 38 heavy (non-hydrogen) atoms. The molecule has 0 unspecified atom stereocenters. The molecule has 1 amide bonds. The molecule has 0 bridgehead atoms. The van der Waals surface area contributed by atoms with Gasteiger partial charge in [-0.05, 0) is 29.8 Å². The van der Waals surface area contributed by atoms with Crippen molar-refractivity contribution < 1.29 is 14.3 Å². The number of pyridine rings is 2. The van der Waals surface area contributed by atoms with Crippen molar-refractivity contribution in [3.63, 3.8) is 0 Å². The Morgan fingerprint density at radius 3 is 2.61 bits per heavy atom. The lowest BCUT2D eigenvalue weighted by atomic mass is 10.0. The molecule has 5 heterocycles. The molecule has 196 valence electrons. The Hall–Kier alpha value is -3.46. The highest BCUT2D eigenvalue weighted by atomic mass is 35.5. The van der Waals surface area contributed by atoms with Crippen molar-refractivity contribution in [3.05, 3.63) is 82.8 Å². The summed E-state index contributed by atoms with van der Waals surface area (Å²) in [5.74, 6) is 0.413. The molecule has 2 fully saturated rings. The Bertz CT molecular complexity index is 1430. The first kappa shape index (κ1) is 24.9. The molecular weight excluding hydrogens is 502 g/mol. The topological polar surface area (TPSA) is 81.0 Å². The standard InChI is InChI=1S/C29H30ClN5O3/c30-22-7-4-20(5-8-22)27-24(35-14-2-1-3-25(35)32-27)19-21-6-9-26(38-23-10-17-37-18-11-23)33-28(21)29(36)34-15-12-31-13-16-34/h1-9,14,23,31H,10-13,15-19H2. The van der Waals surface area contributed by atoms with E-state index in [9.17, 15) is 4.79 Å². The van der Waals surface area contributed by atoms with Crippen LogP contribution in [0.15, 0.2) is 60.8 Å². The fourth-order valence-corrected chi connectivity index (χ4v) is 5.21. The third-order valence-corrected chi connectivity index (χ3v) is 7.37. The number of carbonyl (C=O) groups excluding carboxylic acids is 1. The highest BCUT2D eigenvalue weighted by molar-refractivity contribution is 6.30. The molecular formula is C29H30ClN5O3. The van der Waals surface area contributed by atoms with Crippen LogP contribution in [0.3, 0.4) is 0 Å². The zero-order valence-electron chi connectivity index (χ0n) is 21.1. The van der Waals surface area contributed by atoms with Gasteiger partial charge in [-0.3, -0.25) is 4.79 Å². The number of imidazole rings is 1. The Morgan fingerprint density at radius 1 is 1.03 bits per heavy atom. The van der Waals surface area contributed by atoms with Gasteiger partial charge in [0.1, 0.15) is 17.4 Å². The van der Waals surface area contributed by atoms with Gasteiger partial charge < -0.3 is 24.1 Å². The number of piperazine rings is 1. The van der Waals surface area contributed by atoms with Gasteiger partial charge >= 0.3 is 0 Å². The molecule has 2 saturated heterocycles. The molecule has 2 aliphatic heterocycles. The number of carbonyl (C=O) groups is 1. The van der Waals surface area contributed by atoms with E-state index in [0.29, 0.717) is 49.3 Å². The molecule has 0 spiro atoms. The van der Waals surface area contributed by atoms with Crippen molar-refractivity contribution >= 4 is 23.2 Å². The Morgan fingerprint density at radius 2 is 1.82 bits per heavy atom. The minimum atomic E-state index is -0.0687. The summed E-state index contributed by atoms with van der Waals surface area (Å²) < 4.78 is 13.7. The maximum atomic E-state index is 13.8. The smallest absolute Gasteiger partial charge is 0.272 e. The van der Waals surface area contributed by atoms with Gasteiger partial charge in [-0.15, -0.1) is 0 Å². The second-order valence-corrected chi connectivity index (χ2v) is 10.1. The predicted octanol–water partition coefficient (Wildman–Crippen LogP) is 4.24. The van der Waals surface area contributed by atoms with E-state index in [-0.39, 0.29) is 12.0 Å². The van der Waals surface area contributed by atoms with Crippen LogP contribution < -0.4 is 10.1 Å². The van der Waals surface area contributed by atoms with Gasteiger partial charge in [0, 0.05) is 68.3 Å². The fourth-order valence-electron chi connectivity index (χ4n) is 5.08. The summed E-state index contributed by atoms with van der Waals surface area (Å²) in [7, 11) is 0. The molecule has 0 saturated carbocycles. The fraction of sp³-hybridized carbons (Fsp3) is 0.345. The summed E-state index contributed by atoms with van der Waals surface area (Å²) in [5, 5.41) is 3.99. The largest absolute Gasteiger partial charge is 0.474 e. The summed E-state index contributed by atoms with van der Waals surface area (Å²) in [5.41, 5.74) is 4.93. The maximum Gasteiger partial charge on any atom is 0.272 e. The van der Waals surface area contributed by atoms with E-state index in [4.69, 9.17) is 31.0 Å². The number of halogens is 1. The normalized spacial score (nSPS) is 16.6. The highest BCUT2D eigenvalue weighted by Crippen LogP contribution is 2.29. The van der Waals surface area contributed by atoms with Crippen molar-refractivity contribution in [2.24, 2.45) is 0 Å². The quantitative estimate of drug-likeness (QED) is 0.401. The average molecular weight is 532 g/mol. The molecule has 2 aliphatic rings. The number of benzene rings is 1. The lowest BCUT2D eigenvalue weighted by Crippen LogP contribution is -2.46. The van der Waals surface area contributed by atoms with E-state index in [0.717, 1.165) is 54.1 Å². The first-order valence-corrected chi connectivity index (χ1v) is 13.5. The number of nitrogens with one attached hydrogen (secondary N) is 1. The summed E-state index contributed by atoms with van der Waals surface area (Å²) in [6.45, 7) is 4.20. The molecule has 9 heteroatoms. The number of hydrogen-bond acceptors (Lipinski definition) is 6. The first-order valence-electron chi connectivity index (χ1n) is 13.1. The highest BCUT2D eigenvalue weighted by Gasteiger charge is 2.25. The first-order chi connectivity index (χ1) is 18.7. The number of fused-ring (bicyclic) bond motifs is 1. The van der Waals surface area contributed by atoms with E-state index >= 15 is 0 Å². The van der Waals surface area contributed by atoms with Crippen molar-refractivity contribution in [1.29, 1.82) is 0 Å².